The number of esters is 4. The van der Waals surface area contributed by atoms with Gasteiger partial charge in [-0.15, -0.1) is 0 Å². The van der Waals surface area contributed by atoms with E-state index >= 15 is 0 Å². The van der Waals surface area contributed by atoms with Crippen molar-refractivity contribution in [2.45, 2.75) is 169 Å². The molecule has 0 aromatic heterocycles. The molecule has 456 valence electrons. The second-order valence-corrected chi connectivity index (χ2v) is 21.5. The monoisotopic (exact) mass is 1150 g/mol. The summed E-state index contributed by atoms with van der Waals surface area (Å²) in [5, 5.41) is 94.5. The van der Waals surface area contributed by atoms with Crippen LogP contribution >= 0.6 is 0 Å². The second kappa shape index (κ2) is 36.3. The van der Waals surface area contributed by atoms with E-state index in [1.165, 1.54) is 0 Å². The SMILES string of the molecule is C=C(C)/C=C/C1=C(C)C(=O)C(OC(=O)CCC(=O)OCC(O)C(O)C(O)C(O)CO)CC1(C)C.C=C/C=C/C(C)=C/C=C/C=C(C)/C=C/C=C(C)/C=C/C1=C(C)C(=O)C(OC(=O)CCC(=O)OCC(O)C(O)C(O)C(O)CO)CC1(C)C. The van der Waals surface area contributed by atoms with Crippen molar-refractivity contribution in [1.82, 2.24) is 0 Å². The number of Topliss-reactive ketones (excluding diaryl/α,β-unsaturated/α-hetero) is 2. The second-order valence-electron chi connectivity index (χ2n) is 21.5. The lowest BCUT2D eigenvalue weighted by atomic mass is 9.71. The zero-order valence-electron chi connectivity index (χ0n) is 48.9. The van der Waals surface area contributed by atoms with Crippen molar-refractivity contribution in [3.63, 3.8) is 0 Å². The third kappa shape index (κ3) is 25.9. The molecule has 2 aliphatic rings. The highest BCUT2D eigenvalue weighted by Crippen LogP contribution is 2.42. The van der Waals surface area contributed by atoms with Crippen LogP contribution in [0.1, 0.15) is 108 Å². The molecule has 10 atom stereocenters. The zero-order chi connectivity index (χ0) is 62.7. The van der Waals surface area contributed by atoms with Crippen molar-refractivity contribution < 1.29 is 98.8 Å². The largest absolute Gasteiger partial charge is 0.463 e. The summed E-state index contributed by atoms with van der Waals surface area (Å²) in [6.45, 7) is 23.4. The summed E-state index contributed by atoms with van der Waals surface area (Å²) in [5.74, 6) is -3.92. The normalized spacial score (nSPS) is 21.0. The van der Waals surface area contributed by atoms with Gasteiger partial charge >= 0.3 is 23.9 Å². The fourth-order valence-corrected chi connectivity index (χ4v) is 8.25. The maximum absolute atomic E-state index is 13.1. The van der Waals surface area contributed by atoms with Gasteiger partial charge in [0.05, 0.1) is 38.9 Å². The predicted molar refractivity (Wildman–Crippen MR) is 307 cm³/mol. The van der Waals surface area contributed by atoms with E-state index in [1.807, 2.05) is 134 Å². The lowest BCUT2D eigenvalue weighted by Crippen LogP contribution is -2.47. The van der Waals surface area contributed by atoms with E-state index in [1.54, 1.807) is 19.9 Å². The molecule has 10 N–H and O–H groups in total. The number of carbonyl (C=O) groups is 6. The van der Waals surface area contributed by atoms with Crippen LogP contribution in [-0.4, -0.2) is 174 Å². The highest BCUT2D eigenvalue weighted by Gasteiger charge is 2.41. The van der Waals surface area contributed by atoms with Crippen LogP contribution in [0.25, 0.3) is 0 Å². The van der Waals surface area contributed by atoms with Gasteiger partial charge in [-0.3, -0.25) is 28.8 Å². The molecule has 0 fully saturated rings. The molecule has 0 amide bonds. The Labute approximate surface area is 481 Å². The van der Waals surface area contributed by atoms with Crippen LogP contribution in [0.5, 0.6) is 0 Å². The number of ether oxygens (including phenoxy) is 4. The van der Waals surface area contributed by atoms with E-state index in [0.717, 1.165) is 33.4 Å². The van der Waals surface area contributed by atoms with Gasteiger partial charge in [0, 0.05) is 12.8 Å². The maximum Gasteiger partial charge on any atom is 0.307 e. The lowest BCUT2D eigenvalue weighted by Gasteiger charge is -2.36. The number of ketones is 2. The number of aliphatic hydroxyl groups excluding tert-OH is 10. The summed E-state index contributed by atoms with van der Waals surface area (Å²) in [6, 6.07) is 0. The van der Waals surface area contributed by atoms with E-state index in [4.69, 9.17) is 29.2 Å². The van der Waals surface area contributed by atoms with E-state index in [9.17, 15) is 69.6 Å². The van der Waals surface area contributed by atoms with Crippen molar-refractivity contribution >= 4 is 35.4 Å². The highest BCUT2D eigenvalue weighted by molar-refractivity contribution is 6.02. The Hall–Kier alpha value is -6.30. The minimum Gasteiger partial charge on any atom is -0.463 e. The van der Waals surface area contributed by atoms with Crippen molar-refractivity contribution in [3.8, 4) is 0 Å². The summed E-state index contributed by atoms with van der Waals surface area (Å²) >= 11 is 0. The lowest BCUT2D eigenvalue weighted by molar-refractivity contribution is -0.161. The third-order valence-electron chi connectivity index (χ3n) is 13.2. The number of rotatable bonds is 30. The van der Waals surface area contributed by atoms with Crippen LogP contribution in [0.4, 0.5) is 0 Å². The summed E-state index contributed by atoms with van der Waals surface area (Å²) in [5.41, 5.74) is 5.75. The molecule has 0 saturated heterocycles. The van der Waals surface area contributed by atoms with Crippen molar-refractivity contribution in [2.24, 2.45) is 10.8 Å². The molecule has 0 heterocycles. The smallest absolute Gasteiger partial charge is 0.307 e. The van der Waals surface area contributed by atoms with Gasteiger partial charge in [0.25, 0.3) is 0 Å². The van der Waals surface area contributed by atoms with Crippen LogP contribution in [-0.2, 0) is 47.7 Å². The van der Waals surface area contributed by atoms with Gasteiger partial charge in [-0.1, -0.05) is 148 Å². The molecule has 0 bridgehead atoms. The minimum atomic E-state index is -1.88. The van der Waals surface area contributed by atoms with Gasteiger partial charge in [-0.25, -0.2) is 0 Å². The van der Waals surface area contributed by atoms with Crippen LogP contribution in [0, 0.1) is 10.8 Å². The van der Waals surface area contributed by atoms with E-state index in [-0.39, 0.29) is 37.2 Å². The Morgan fingerprint density at radius 3 is 1.22 bits per heavy atom. The highest BCUT2D eigenvalue weighted by atomic mass is 16.6. The molecule has 0 aromatic rings. The van der Waals surface area contributed by atoms with Gasteiger partial charge in [0.1, 0.15) is 62.0 Å². The Kier molecular flexibility index (Phi) is 32.6. The molecule has 2 aliphatic carbocycles. The van der Waals surface area contributed by atoms with Crippen molar-refractivity contribution in [3.05, 3.63) is 143 Å². The molecule has 20 heteroatoms. The van der Waals surface area contributed by atoms with Gasteiger partial charge in [-0.05, 0) is 74.7 Å². The fraction of sp³-hybridized carbons (Fsp3) is 0.516. The van der Waals surface area contributed by atoms with Gasteiger partial charge in [0.15, 0.2) is 23.8 Å². The zero-order valence-corrected chi connectivity index (χ0v) is 48.9. The summed E-state index contributed by atoms with van der Waals surface area (Å²) in [4.78, 5) is 74.5. The summed E-state index contributed by atoms with van der Waals surface area (Å²) in [6.07, 6.45) is 9.71. The molecule has 0 spiro atoms. The topological polar surface area (TPSA) is 342 Å². The molecule has 10 unspecified atom stereocenters. The average molecular weight is 1150 g/mol. The molecular weight excluding hydrogens is 1060 g/mol. The average Bonchev–Trinajstić information content (AvgIpc) is 3.49. The van der Waals surface area contributed by atoms with Gasteiger partial charge in [0.2, 0.25) is 0 Å². The molecule has 0 aromatic carbocycles. The number of carbonyl (C=O) groups excluding carboxylic acids is 6. The predicted octanol–water partition coefficient (Wildman–Crippen LogP) is 4.33. The number of hydrogen-bond donors (Lipinski definition) is 10. The summed E-state index contributed by atoms with van der Waals surface area (Å²) < 4.78 is 20.3. The maximum atomic E-state index is 13.1. The molecule has 0 saturated carbocycles. The minimum absolute atomic E-state index is 0.255. The van der Waals surface area contributed by atoms with Gasteiger partial charge < -0.3 is 70.0 Å². The van der Waals surface area contributed by atoms with Crippen LogP contribution in [0.3, 0.4) is 0 Å². The Morgan fingerprint density at radius 2 is 0.854 bits per heavy atom. The number of allylic oxidation sites excluding steroid dienone is 20. The Morgan fingerprint density at radius 1 is 0.524 bits per heavy atom. The molecule has 82 heavy (non-hydrogen) atoms. The molecule has 0 radical (unpaired) electrons. The third-order valence-corrected chi connectivity index (χ3v) is 13.2. The van der Waals surface area contributed by atoms with E-state index in [2.05, 4.69) is 13.2 Å². The first-order valence-electron chi connectivity index (χ1n) is 26.8. The van der Waals surface area contributed by atoms with Crippen LogP contribution < -0.4 is 0 Å². The first-order valence-corrected chi connectivity index (χ1v) is 26.8. The van der Waals surface area contributed by atoms with Crippen LogP contribution in [0.2, 0.25) is 0 Å². The quantitative estimate of drug-likeness (QED) is 0.0272. The first-order chi connectivity index (χ1) is 38.2. The number of hydrogen-bond acceptors (Lipinski definition) is 20. The van der Waals surface area contributed by atoms with Crippen molar-refractivity contribution in [2.75, 3.05) is 26.4 Å². The molecular formula is C62H88O20. The summed E-state index contributed by atoms with van der Waals surface area (Å²) in [7, 11) is 0. The van der Waals surface area contributed by atoms with E-state index < -0.39 is 135 Å². The Balaban J connectivity index is 0.000000869. The standard InChI is InChI=1S/C38H52O10.C24H36O10/c1-8-9-13-25(2)14-10-11-15-26(3)16-12-17-27(4)18-19-29-28(5)35(44)32(22-38(29,6)7)48-34(43)21-20-33(42)47-24-31(41)37(46)36(45)30(40)23-39;1-13(2)6-7-15-14(3)21(30)18(10-24(15,4)5)34-20(29)9-8-19(28)33-12-17(27)23(32)22(31)16(26)11-25/h8-19,30-32,36-37,39-41,45-46H,1,20-24H2,2-7H3;6-7,16-18,22-23,25-27,31-32H,1,8-12H2,2-5H3/b11-10+,13-9+,16-12+,19-18+,25-14+,26-15+,27-17+;7-6+. The van der Waals surface area contributed by atoms with E-state index in [0.29, 0.717) is 11.1 Å². The molecule has 20 nitrogen and oxygen atoms in total. The Bertz CT molecular complexity index is 2530. The molecule has 2 rings (SSSR count). The number of aliphatic hydroxyl groups is 10. The van der Waals surface area contributed by atoms with Crippen LogP contribution in [0.15, 0.2) is 143 Å². The molecule has 0 aliphatic heterocycles. The van der Waals surface area contributed by atoms with Crippen molar-refractivity contribution in [1.29, 1.82) is 0 Å². The first kappa shape index (κ1) is 73.7. The van der Waals surface area contributed by atoms with Gasteiger partial charge in [-0.2, -0.15) is 0 Å². The fourth-order valence-electron chi connectivity index (χ4n) is 8.25.